The van der Waals surface area contributed by atoms with Gasteiger partial charge in [-0.1, -0.05) is 23.8 Å². The Morgan fingerprint density at radius 2 is 2.12 bits per heavy atom. The minimum Gasteiger partial charge on any atom is -0.316 e. The third-order valence-corrected chi connectivity index (χ3v) is 3.65. The van der Waals surface area contributed by atoms with Gasteiger partial charge in [-0.2, -0.15) is 0 Å². The Morgan fingerprint density at radius 1 is 1.25 bits per heavy atom. The van der Waals surface area contributed by atoms with Crippen LogP contribution in [0.4, 0.5) is 4.39 Å². The molecule has 0 amide bonds. The summed E-state index contributed by atoms with van der Waals surface area (Å²) in [4.78, 5) is 0. The maximum Gasteiger partial charge on any atom is 0.137 e. The van der Waals surface area contributed by atoms with Crippen molar-refractivity contribution in [3.8, 4) is 0 Å². The van der Waals surface area contributed by atoms with Crippen molar-refractivity contribution >= 4 is 22.0 Å². The van der Waals surface area contributed by atoms with Crippen molar-refractivity contribution in [2.75, 3.05) is 13.1 Å². The molecule has 0 spiro atoms. The molecule has 0 atom stereocenters. The molecule has 1 aromatic carbocycles. The fourth-order valence-corrected chi connectivity index (χ4v) is 2.31. The van der Waals surface area contributed by atoms with E-state index in [1.807, 2.05) is 6.07 Å². The molecule has 0 unspecified atom stereocenters. The predicted octanol–water partition coefficient (Wildman–Crippen LogP) is 3.75. The lowest BCUT2D eigenvalue weighted by molar-refractivity contribution is 0.620. The van der Waals surface area contributed by atoms with E-state index >= 15 is 0 Å². The third kappa shape index (κ3) is 2.92. The van der Waals surface area contributed by atoms with Gasteiger partial charge in [0.25, 0.3) is 0 Å². The molecular weight excluding hydrogens is 269 g/mol. The van der Waals surface area contributed by atoms with Gasteiger partial charge < -0.3 is 5.32 Å². The maximum absolute atomic E-state index is 13.3. The second kappa shape index (κ2) is 5.60. The second-order valence-corrected chi connectivity index (χ2v) is 4.84. The van der Waals surface area contributed by atoms with Crippen molar-refractivity contribution in [2.24, 2.45) is 0 Å². The van der Waals surface area contributed by atoms with E-state index in [4.69, 9.17) is 0 Å². The molecule has 0 bridgehead atoms. The molecule has 1 fully saturated rings. The van der Waals surface area contributed by atoms with E-state index in [-0.39, 0.29) is 5.82 Å². The molecule has 1 heterocycles. The summed E-state index contributed by atoms with van der Waals surface area (Å²) in [7, 11) is 0. The first-order valence-corrected chi connectivity index (χ1v) is 6.41. The highest BCUT2D eigenvalue weighted by Crippen LogP contribution is 2.25. The standard InChI is InChI=1S/C13H15BrFN/c14-13-11(4-1-5-12(13)15)9-10-3-2-7-16-8-6-10/h1,4-5,9,16H,2-3,6-8H2/b10-9-. The molecule has 0 saturated carbocycles. The van der Waals surface area contributed by atoms with Crippen LogP contribution in [0.5, 0.6) is 0 Å². The van der Waals surface area contributed by atoms with Crippen molar-refractivity contribution in [3.05, 3.63) is 39.6 Å². The van der Waals surface area contributed by atoms with Crippen molar-refractivity contribution in [3.63, 3.8) is 0 Å². The van der Waals surface area contributed by atoms with Gasteiger partial charge in [0.15, 0.2) is 0 Å². The van der Waals surface area contributed by atoms with E-state index in [1.54, 1.807) is 6.07 Å². The molecule has 3 heteroatoms. The summed E-state index contributed by atoms with van der Waals surface area (Å²) < 4.78 is 13.9. The van der Waals surface area contributed by atoms with Crippen molar-refractivity contribution < 1.29 is 4.39 Å². The molecule has 1 aliphatic rings. The number of nitrogens with one attached hydrogen (secondary N) is 1. The first kappa shape index (κ1) is 11.8. The fourth-order valence-electron chi connectivity index (χ4n) is 1.94. The minimum absolute atomic E-state index is 0.193. The average Bonchev–Trinajstić information content (AvgIpc) is 2.53. The normalized spacial score (nSPS) is 19.8. The lowest BCUT2D eigenvalue weighted by Gasteiger charge is -2.04. The highest BCUT2D eigenvalue weighted by Gasteiger charge is 2.06. The van der Waals surface area contributed by atoms with Gasteiger partial charge >= 0.3 is 0 Å². The van der Waals surface area contributed by atoms with Crippen LogP contribution >= 0.6 is 15.9 Å². The van der Waals surface area contributed by atoms with E-state index in [0.717, 1.165) is 31.5 Å². The summed E-state index contributed by atoms with van der Waals surface area (Å²) in [6.07, 6.45) is 5.44. The van der Waals surface area contributed by atoms with Crippen LogP contribution in [-0.2, 0) is 0 Å². The maximum atomic E-state index is 13.3. The lowest BCUT2D eigenvalue weighted by atomic mass is 10.0. The summed E-state index contributed by atoms with van der Waals surface area (Å²) in [6, 6.07) is 5.17. The number of rotatable bonds is 1. The van der Waals surface area contributed by atoms with E-state index in [9.17, 15) is 4.39 Å². The number of hydrogen-bond donors (Lipinski definition) is 1. The summed E-state index contributed by atoms with van der Waals surface area (Å²) in [5, 5.41) is 3.36. The second-order valence-electron chi connectivity index (χ2n) is 4.05. The molecule has 16 heavy (non-hydrogen) atoms. The van der Waals surface area contributed by atoms with Gasteiger partial charge in [-0.15, -0.1) is 0 Å². The van der Waals surface area contributed by atoms with Crippen LogP contribution in [0.1, 0.15) is 24.8 Å². The topological polar surface area (TPSA) is 12.0 Å². The Kier molecular flexibility index (Phi) is 4.13. The molecule has 1 N–H and O–H groups in total. The molecule has 1 aromatic rings. The molecule has 1 aliphatic heterocycles. The van der Waals surface area contributed by atoms with Gasteiger partial charge in [0.1, 0.15) is 5.82 Å². The first-order chi connectivity index (χ1) is 7.77. The fraction of sp³-hybridized carbons (Fsp3) is 0.385. The summed E-state index contributed by atoms with van der Waals surface area (Å²) >= 11 is 3.29. The lowest BCUT2D eigenvalue weighted by Crippen LogP contribution is -2.13. The molecule has 0 radical (unpaired) electrons. The zero-order chi connectivity index (χ0) is 11.4. The Labute approximate surface area is 104 Å². The Balaban J connectivity index is 2.23. The van der Waals surface area contributed by atoms with Gasteiger partial charge in [-0.05, 0) is 59.9 Å². The Morgan fingerprint density at radius 3 is 3.00 bits per heavy atom. The SMILES string of the molecule is Fc1cccc(/C=C2/CCCNCC2)c1Br. The smallest absolute Gasteiger partial charge is 0.137 e. The van der Waals surface area contributed by atoms with Crippen LogP contribution in [0.3, 0.4) is 0 Å². The highest BCUT2D eigenvalue weighted by atomic mass is 79.9. The summed E-state index contributed by atoms with van der Waals surface area (Å²) in [5.74, 6) is -0.193. The molecule has 86 valence electrons. The Bertz CT molecular complexity index is 391. The zero-order valence-corrected chi connectivity index (χ0v) is 10.7. The van der Waals surface area contributed by atoms with E-state index in [0.29, 0.717) is 4.47 Å². The van der Waals surface area contributed by atoms with Gasteiger partial charge in [-0.3, -0.25) is 0 Å². The molecule has 2 rings (SSSR count). The van der Waals surface area contributed by atoms with Crippen molar-refractivity contribution in [1.82, 2.24) is 5.32 Å². The molecule has 0 aliphatic carbocycles. The predicted molar refractivity (Wildman–Crippen MR) is 68.8 cm³/mol. The average molecular weight is 284 g/mol. The minimum atomic E-state index is -0.193. The van der Waals surface area contributed by atoms with Crippen LogP contribution < -0.4 is 5.32 Å². The summed E-state index contributed by atoms with van der Waals surface area (Å²) in [5.41, 5.74) is 2.34. The van der Waals surface area contributed by atoms with Crippen molar-refractivity contribution in [2.45, 2.75) is 19.3 Å². The molecular formula is C13H15BrFN. The van der Waals surface area contributed by atoms with Crippen LogP contribution in [0.15, 0.2) is 28.2 Å². The largest absolute Gasteiger partial charge is 0.316 e. The number of halogens is 2. The van der Waals surface area contributed by atoms with Crippen LogP contribution in [0.25, 0.3) is 6.08 Å². The van der Waals surface area contributed by atoms with E-state index in [1.165, 1.54) is 18.1 Å². The van der Waals surface area contributed by atoms with E-state index in [2.05, 4.69) is 27.3 Å². The molecule has 1 nitrogen and oxygen atoms in total. The van der Waals surface area contributed by atoms with Crippen LogP contribution in [0, 0.1) is 5.82 Å². The van der Waals surface area contributed by atoms with Crippen molar-refractivity contribution in [1.29, 1.82) is 0 Å². The van der Waals surface area contributed by atoms with Crippen LogP contribution in [-0.4, -0.2) is 13.1 Å². The third-order valence-electron chi connectivity index (χ3n) is 2.82. The van der Waals surface area contributed by atoms with Gasteiger partial charge in [0.05, 0.1) is 4.47 Å². The zero-order valence-electron chi connectivity index (χ0n) is 9.10. The van der Waals surface area contributed by atoms with Gasteiger partial charge in [-0.25, -0.2) is 4.39 Å². The first-order valence-electron chi connectivity index (χ1n) is 5.61. The molecule has 1 saturated heterocycles. The van der Waals surface area contributed by atoms with Gasteiger partial charge in [0, 0.05) is 0 Å². The van der Waals surface area contributed by atoms with Gasteiger partial charge in [0.2, 0.25) is 0 Å². The highest BCUT2D eigenvalue weighted by molar-refractivity contribution is 9.10. The quantitative estimate of drug-likeness (QED) is 0.828. The number of hydrogen-bond acceptors (Lipinski definition) is 1. The molecule has 0 aromatic heterocycles. The summed E-state index contributed by atoms with van der Waals surface area (Å²) in [6.45, 7) is 2.11. The monoisotopic (exact) mass is 283 g/mol. The number of benzene rings is 1. The van der Waals surface area contributed by atoms with Crippen LogP contribution in [0.2, 0.25) is 0 Å². The Hall–Kier alpha value is -0.670. The van der Waals surface area contributed by atoms with E-state index < -0.39 is 0 Å².